The van der Waals surface area contributed by atoms with Crippen molar-refractivity contribution in [2.45, 2.75) is 51.8 Å². The minimum atomic E-state index is -0.601. The highest BCUT2D eigenvalue weighted by Crippen LogP contribution is 2.29. The number of amides is 1. The molecule has 2 aromatic rings. The van der Waals surface area contributed by atoms with E-state index in [9.17, 15) is 9.59 Å². The first-order valence-electron chi connectivity index (χ1n) is 7.88. The van der Waals surface area contributed by atoms with Gasteiger partial charge in [-0.25, -0.2) is 14.6 Å². The number of hydrogen-bond donors (Lipinski definition) is 1. The lowest BCUT2D eigenvalue weighted by Crippen LogP contribution is -2.46. The van der Waals surface area contributed by atoms with Crippen LogP contribution in [0.1, 0.15) is 46.2 Å². The first kappa shape index (κ1) is 16.8. The van der Waals surface area contributed by atoms with E-state index in [4.69, 9.17) is 16.3 Å². The minimum Gasteiger partial charge on any atom is -0.444 e. The smallest absolute Gasteiger partial charge is 0.411 e. The summed E-state index contributed by atoms with van der Waals surface area (Å²) in [6.45, 7) is 5.97. The third-order valence-electron chi connectivity index (χ3n) is 3.82. The van der Waals surface area contributed by atoms with Crippen molar-refractivity contribution >= 4 is 28.9 Å². The van der Waals surface area contributed by atoms with Crippen molar-refractivity contribution in [3.05, 3.63) is 22.0 Å². The van der Waals surface area contributed by atoms with Gasteiger partial charge < -0.3 is 9.72 Å². The number of rotatable bonds is 1. The fraction of sp³-hybridized carbons (Fsp3) is 0.600. The van der Waals surface area contributed by atoms with Crippen LogP contribution in [0.5, 0.6) is 0 Å². The van der Waals surface area contributed by atoms with E-state index in [0.29, 0.717) is 24.1 Å². The summed E-state index contributed by atoms with van der Waals surface area (Å²) < 4.78 is 6.95. The summed E-state index contributed by atoms with van der Waals surface area (Å²) in [4.78, 5) is 37.3. The molecule has 1 aliphatic heterocycles. The van der Waals surface area contributed by atoms with Crippen LogP contribution in [-0.2, 0) is 4.74 Å². The van der Waals surface area contributed by atoms with Crippen LogP contribution in [0.3, 0.4) is 0 Å². The number of fused-ring (bicyclic) bond motifs is 1. The monoisotopic (exact) mass is 353 g/mol. The molecule has 0 aliphatic carbocycles. The van der Waals surface area contributed by atoms with Crippen molar-refractivity contribution in [2.24, 2.45) is 0 Å². The summed E-state index contributed by atoms with van der Waals surface area (Å²) in [6.07, 6.45) is 2.98. The molecule has 3 rings (SSSR count). The Labute approximate surface area is 143 Å². The van der Waals surface area contributed by atoms with Crippen LogP contribution in [0, 0.1) is 0 Å². The van der Waals surface area contributed by atoms with Gasteiger partial charge in [0.2, 0.25) is 5.28 Å². The average molecular weight is 354 g/mol. The minimum absolute atomic E-state index is 0.0508. The summed E-state index contributed by atoms with van der Waals surface area (Å²) >= 11 is 5.87. The maximum absolute atomic E-state index is 12.6. The highest BCUT2D eigenvalue weighted by molar-refractivity contribution is 6.28. The van der Waals surface area contributed by atoms with Crippen molar-refractivity contribution in [1.29, 1.82) is 0 Å². The number of nitrogens with one attached hydrogen (secondary N) is 1. The Balaban J connectivity index is 2.02. The molecule has 1 aliphatic rings. The van der Waals surface area contributed by atoms with Crippen LogP contribution in [0.4, 0.5) is 4.79 Å². The largest absolute Gasteiger partial charge is 0.444 e. The van der Waals surface area contributed by atoms with Gasteiger partial charge in [0.25, 0.3) is 0 Å². The zero-order chi connectivity index (χ0) is 17.5. The van der Waals surface area contributed by atoms with Crippen LogP contribution >= 0.6 is 11.6 Å². The van der Waals surface area contributed by atoms with Crippen LogP contribution < -0.4 is 5.69 Å². The standard InChI is InChI=1S/C15H20ClN5O3/c1-15(2,3)24-14(23)20-7-5-4-6-10(20)21-11-9(18-13(21)22)8-17-12(16)19-11/h8,10H,4-7H2,1-3H3,(H,18,22). The Morgan fingerprint density at radius 1 is 1.42 bits per heavy atom. The Morgan fingerprint density at radius 2 is 2.17 bits per heavy atom. The van der Waals surface area contributed by atoms with E-state index >= 15 is 0 Å². The predicted octanol–water partition coefficient (Wildman–Crippen LogP) is 2.69. The van der Waals surface area contributed by atoms with Gasteiger partial charge in [0.05, 0.1) is 6.20 Å². The van der Waals surface area contributed by atoms with Crippen LogP contribution in [0.25, 0.3) is 11.2 Å². The Hall–Kier alpha value is -2.09. The van der Waals surface area contributed by atoms with Gasteiger partial charge in [0, 0.05) is 6.54 Å². The maximum atomic E-state index is 12.6. The lowest BCUT2D eigenvalue weighted by molar-refractivity contribution is -0.00105. The van der Waals surface area contributed by atoms with Crippen molar-refractivity contribution in [2.75, 3.05) is 6.54 Å². The number of carbonyl (C=O) groups is 1. The third-order valence-corrected chi connectivity index (χ3v) is 4.01. The zero-order valence-electron chi connectivity index (χ0n) is 13.9. The number of piperidine rings is 1. The lowest BCUT2D eigenvalue weighted by atomic mass is 10.1. The fourth-order valence-corrected chi connectivity index (χ4v) is 3.02. The molecule has 2 aromatic heterocycles. The topological polar surface area (TPSA) is 93.1 Å². The summed E-state index contributed by atoms with van der Waals surface area (Å²) in [5.74, 6) is 0. The second kappa shape index (κ2) is 6.08. The van der Waals surface area contributed by atoms with Crippen LogP contribution in [-0.4, -0.2) is 42.7 Å². The number of ether oxygens (including phenoxy) is 1. The molecule has 1 fully saturated rings. The molecule has 0 aromatic carbocycles. The van der Waals surface area contributed by atoms with E-state index in [2.05, 4.69) is 15.0 Å². The quantitative estimate of drug-likeness (QED) is 0.795. The molecule has 0 saturated carbocycles. The van der Waals surface area contributed by atoms with Crippen molar-refractivity contribution in [1.82, 2.24) is 24.4 Å². The van der Waals surface area contributed by atoms with Gasteiger partial charge in [0.15, 0.2) is 5.65 Å². The second-order valence-corrected chi connectivity index (χ2v) is 7.16. The number of likely N-dealkylation sites (tertiary alicyclic amines) is 1. The van der Waals surface area contributed by atoms with Gasteiger partial charge in [0.1, 0.15) is 17.3 Å². The van der Waals surface area contributed by atoms with Gasteiger partial charge >= 0.3 is 11.8 Å². The van der Waals surface area contributed by atoms with E-state index in [1.54, 1.807) is 4.90 Å². The summed E-state index contributed by atoms with van der Waals surface area (Å²) in [6, 6.07) is 0. The molecular weight excluding hydrogens is 334 g/mol. The van der Waals surface area contributed by atoms with Gasteiger partial charge in [-0.05, 0) is 51.6 Å². The Bertz CT molecular complexity index is 823. The van der Waals surface area contributed by atoms with E-state index in [1.165, 1.54) is 10.8 Å². The molecule has 1 atom stereocenters. The van der Waals surface area contributed by atoms with Crippen LogP contribution in [0.2, 0.25) is 5.28 Å². The maximum Gasteiger partial charge on any atom is 0.411 e. The zero-order valence-corrected chi connectivity index (χ0v) is 14.6. The highest BCUT2D eigenvalue weighted by Gasteiger charge is 2.33. The van der Waals surface area contributed by atoms with Gasteiger partial charge in [-0.15, -0.1) is 0 Å². The number of H-pyrrole nitrogens is 1. The molecule has 24 heavy (non-hydrogen) atoms. The summed E-state index contributed by atoms with van der Waals surface area (Å²) in [5, 5.41) is 0.0508. The molecule has 0 radical (unpaired) electrons. The number of hydrogen-bond acceptors (Lipinski definition) is 5. The van der Waals surface area contributed by atoms with Gasteiger partial charge in [-0.3, -0.25) is 9.47 Å². The lowest BCUT2D eigenvalue weighted by Gasteiger charge is -2.36. The molecule has 1 saturated heterocycles. The van der Waals surface area contributed by atoms with E-state index < -0.39 is 17.9 Å². The summed E-state index contributed by atoms with van der Waals surface area (Å²) in [5.41, 5.74) is -0.0722. The molecule has 8 nitrogen and oxygen atoms in total. The predicted molar refractivity (Wildman–Crippen MR) is 89.0 cm³/mol. The second-order valence-electron chi connectivity index (χ2n) is 6.83. The Kier molecular flexibility index (Phi) is 4.25. The molecule has 0 bridgehead atoms. The van der Waals surface area contributed by atoms with Crippen molar-refractivity contribution < 1.29 is 9.53 Å². The molecule has 1 unspecified atom stereocenters. The molecule has 9 heteroatoms. The third kappa shape index (κ3) is 3.24. The van der Waals surface area contributed by atoms with Crippen LogP contribution in [0.15, 0.2) is 11.0 Å². The number of imidazole rings is 1. The summed E-state index contributed by atoms with van der Waals surface area (Å²) in [7, 11) is 0. The number of carbonyl (C=O) groups excluding carboxylic acids is 1. The molecule has 3 heterocycles. The van der Waals surface area contributed by atoms with Gasteiger partial charge in [-0.2, -0.15) is 4.98 Å². The van der Waals surface area contributed by atoms with Gasteiger partial charge in [-0.1, -0.05) is 0 Å². The number of aromatic amines is 1. The highest BCUT2D eigenvalue weighted by atomic mass is 35.5. The van der Waals surface area contributed by atoms with Crippen molar-refractivity contribution in [3.63, 3.8) is 0 Å². The first-order chi connectivity index (χ1) is 11.3. The van der Waals surface area contributed by atoms with E-state index in [-0.39, 0.29) is 11.0 Å². The Morgan fingerprint density at radius 3 is 2.88 bits per heavy atom. The number of aromatic nitrogens is 4. The molecule has 1 amide bonds. The fourth-order valence-electron chi connectivity index (χ4n) is 2.89. The number of halogens is 1. The molecule has 1 N–H and O–H groups in total. The first-order valence-corrected chi connectivity index (χ1v) is 8.26. The average Bonchev–Trinajstić information content (AvgIpc) is 2.80. The normalized spacial score (nSPS) is 18.8. The van der Waals surface area contributed by atoms with E-state index in [0.717, 1.165) is 12.8 Å². The number of nitrogens with zero attached hydrogens (tertiary/aromatic N) is 4. The SMILES string of the molecule is CC(C)(C)OC(=O)N1CCCCC1n1c(=O)[nH]c2cnc(Cl)nc21. The van der Waals surface area contributed by atoms with Crippen molar-refractivity contribution in [3.8, 4) is 0 Å². The molecule has 0 spiro atoms. The van der Waals surface area contributed by atoms with E-state index in [1.807, 2.05) is 20.8 Å². The molecule has 130 valence electrons. The molecular formula is C15H20ClN5O3.